The van der Waals surface area contributed by atoms with Crippen molar-refractivity contribution < 1.29 is 4.74 Å². The summed E-state index contributed by atoms with van der Waals surface area (Å²) in [5.74, 6) is 1.80. The molecular weight excluding hydrogens is 320 g/mol. The fourth-order valence-corrected chi connectivity index (χ4v) is 3.03. The highest BCUT2D eigenvalue weighted by Crippen LogP contribution is 2.35. The minimum Gasteiger partial charge on any atom is -0.497 e. The third kappa shape index (κ3) is 3.33. The number of rotatable bonds is 5. The summed E-state index contributed by atoms with van der Waals surface area (Å²) in [6.07, 6.45) is 0. The molecule has 0 radical (unpaired) electrons. The maximum Gasteiger partial charge on any atom is 0.119 e. The Kier molecular flexibility index (Phi) is 4.44. The Balaban J connectivity index is 1.73. The number of methoxy groups -OCH3 is 1. The lowest BCUT2D eigenvalue weighted by atomic mass is 10.0. The van der Waals surface area contributed by atoms with E-state index in [1.54, 1.807) is 7.11 Å². The van der Waals surface area contributed by atoms with Gasteiger partial charge in [-0.15, -0.1) is 0 Å². The van der Waals surface area contributed by atoms with E-state index in [0.717, 1.165) is 28.5 Å². The summed E-state index contributed by atoms with van der Waals surface area (Å²) in [5, 5.41) is 3.44. The van der Waals surface area contributed by atoms with Gasteiger partial charge in [0.25, 0.3) is 0 Å². The SMILES string of the molecule is COc1ccc(Nc2cc(-c3ccccc3)c(-c3ccccc3)[nH]2)cc1. The summed E-state index contributed by atoms with van der Waals surface area (Å²) >= 11 is 0. The zero-order chi connectivity index (χ0) is 17.8. The standard InChI is InChI=1S/C23H20N2O/c1-26-20-14-12-19(13-15-20)24-22-16-21(17-8-4-2-5-9-17)23(25-22)18-10-6-3-7-11-18/h2-16,24-25H,1H3. The molecule has 0 saturated heterocycles. The molecule has 0 aliphatic rings. The molecule has 0 fully saturated rings. The maximum atomic E-state index is 5.22. The van der Waals surface area contributed by atoms with Gasteiger partial charge in [0.05, 0.1) is 12.8 Å². The number of aromatic nitrogens is 1. The number of benzene rings is 3. The summed E-state index contributed by atoms with van der Waals surface area (Å²) in [5.41, 5.74) is 5.63. The van der Waals surface area contributed by atoms with Crippen LogP contribution in [0.2, 0.25) is 0 Å². The first-order valence-electron chi connectivity index (χ1n) is 8.58. The predicted octanol–water partition coefficient (Wildman–Crippen LogP) is 6.10. The Hall–Kier alpha value is -3.46. The Labute approximate surface area is 153 Å². The molecule has 2 N–H and O–H groups in total. The molecule has 4 rings (SSSR count). The first-order valence-corrected chi connectivity index (χ1v) is 8.58. The second-order valence-corrected chi connectivity index (χ2v) is 6.06. The van der Waals surface area contributed by atoms with Gasteiger partial charge in [-0.1, -0.05) is 60.7 Å². The lowest BCUT2D eigenvalue weighted by molar-refractivity contribution is 0.415. The van der Waals surface area contributed by atoms with Gasteiger partial charge in [-0.25, -0.2) is 0 Å². The molecule has 0 bridgehead atoms. The van der Waals surface area contributed by atoms with Gasteiger partial charge in [-0.3, -0.25) is 0 Å². The van der Waals surface area contributed by atoms with Crippen molar-refractivity contribution in [3.63, 3.8) is 0 Å². The van der Waals surface area contributed by atoms with Gasteiger partial charge >= 0.3 is 0 Å². The van der Waals surface area contributed by atoms with Crippen LogP contribution in [0.3, 0.4) is 0 Å². The number of H-pyrrole nitrogens is 1. The van der Waals surface area contributed by atoms with Crippen molar-refractivity contribution in [3.05, 3.63) is 91.0 Å². The van der Waals surface area contributed by atoms with E-state index in [9.17, 15) is 0 Å². The molecule has 3 heteroatoms. The molecular formula is C23H20N2O. The highest BCUT2D eigenvalue weighted by atomic mass is 16.5. The average molecular weight is 340 g/mol. The quantitative estimate of drug-likeness (QED) is 0.460. The van der Waals surface area contributed by atoms with Gasteiger partial charge in [0.15, 0.2) is 0 Å². The van der Waals surface area contributed by atoms with Gasteiger partial charge in [-0.05, 0) is 41.5 Å². The van der Waals surface area contributed by atoms with Crippen molar-refractivity contribution in [1.29, 1.82) is 0 Å². The predicted molar refractivity (Wildman–Crippen MR) is 108 cm³/mol. The Morgan fingerprint density at radius 3 is 1.96 bits per heavy atom. The average Bonchev–Trinajstić information content (AvgIpc) is 3.14. The van der Waals surface area contributed by atoms with Crippen molar-refractivity contribution in [2.24, 2.45) is 0 Å². The van der Waals surface area contributed by atoms with Crippen molar-refractivity contribution in [1.82, 2.24) is 4.98 Å². The van der Waals surface area contributed by atoms with E-state index in [2.05, 4.69) is 64.9 Å². The molecule has 3 nitrogen and oxygen atoms in total. The van der Waals surface area contributed by atoms with Crippen LogP contribution in [0.4, 0.5) is 11.5 Å². The summed E-state index contributed by atoms with van der Waals surface area (Å²) in [6.45, 7) is 0. The normalized spacial score (nSPS) is 10.5. The molecule has 0 amide bonds. The Bertz CT molecular complexity index is 917. The molecule has 128 valence electrons. The van der Waals surface area contributed by atoms with Gasteiger partial charge in [0.2, 0.25) is 0 Å². The van der Waals surface area contributed by atoms with E-state index in [1.165, 1.54) is 11.1 Å². The molecule has 4 aromatic rings. The lowest BCUT2D eigenvalue weighted by Crippen LogP contribution is -1.90. The minimum atomic E-state index is 0.844. The maximum absolute atomic E-state index is 5.22. The van der Waals surface area contributed by atoms with E-state index in [4.69, 9.17) is 4.74 Å². The molecule has 1 heterocycles. The summed E-state index contributed by atoms with van der Waals surface area (Å²) in [6, 6.07) is 30.9. The minimum absolute atomic E-state index is 0.844. The van der Waals surface area contributed by atoms with Gasteiger partial charge in [0.1, 0.15) is 11.6 Å². The molecule has 3 aromatic carbocycles. The molecule has 0 atom stereocenters. The molecule has 1 aromatic heterocycles. The Morgan fingerprint density at radius 1 is 0.731 bits per heavy atom. The molecule has 0 aliphatic carbocycles. The van der Waals surface area contributed by atoms with Crippen LogP contribution in [-0.2, 0) is 0 Å². The van der Waals surface area contributed by atoms with Crippen LogP contribution in [0.5, 0.6) is 5.75 Å². The highest BCUT2D eigenvalue weighted by molar-refractivity contribution is 5.85. The number of nitrogens with one attached hydrogen (secondary N) is 2. The second kappa shape index (κ2) is 7.19. The second-order valence-electron chi connectivity index (χ2n) is 6.06. The van der Waals surface area contributed by atoms with Crippen molar-refractivity contribution in [2.75, 3.05) is 12.4 Å². The molecule has 0 spiro atoms. The van der Waals surface area contributed by atoms with Crippen molar-refractivity contribution >= 4 is 11.5 Å². The van der Waals surface area contributed by atoms with Crippen LogP contribution in [0.15, 0.2) is 91.0 Å². The van der Waals surface area contributed by atoms with Gasteiger partial charge in [-0.2, -0.15) is 0 Å². The largest absolute Gasteiger partial charge is 0.497 e. The first kappa shape index (κ1) is 16.0. The van der Waals surface area contributed by atoms with Crippen LogP contribution in [-0.4, -0.2) is 12.1 Å². The van der Waals surface area contributed by atoms with Crippen LogP contribution in [0.25, 0.3) is 22.4 Å². The zero-order valence-electron chi connectivity index (χ0n) is 14.6. The first-order chi connectivity index (χ1) is 12.8. The van der Waals surface area contributed by atoms with E-state index in [0.29, 0.717) is 0 Å². The molecule has 0 saturated carbocycles. The van der Waals surface area contributed by atoms with Crippen LogP contribution in [0, 0.1) is 0 Å². The monoisotopic (exact) mass is 340 g/mol. The van der Waals surface area contributed by atoms with Crippen LogP contribution in [0.1, 0.15) is 0 Å². The van der Waals surface area contributed by atoms with Crippen LogP contribution >= 0.6 is 0 Å². The number of ether oxygens (including phenoxy) is 1. The zero-order valence-corrected chi connectivity index (χ0v) is 14.6. The van der Waals surface area contributed by atoms with E-state index in [1.807, 2.05) is 36.4 Å². The van der Waals surface area contributed by atoms with E-state index >= 15 is 0 Å². The Morgan fingerprint density at radius 2 is 1.35 bits per heavy atom. The fourth-order valence-electron chi connectivity index (χ4n) is 3.03. The van der Waals surface area contributed by atoms with Gasteiger partial charge < -0.3 is 15.0 Å². The van der Waals surface area contributed by atoms with E-state index < -0.39 is 0 Å². The fraction of sp³-hybridized carbons (Fsp3) is 0.0435. The summed E-state index contributed by atoms with van der Waals surface area (Å²) < 4.78 is 5.22. The van der Waals surface area contributed by atoms with Crippen molar-refractivity contribution in [3.8, 4) is 28.1 Å². The number of anilines is 2. The number of hydrogen-bond acceptors (Lipinski definition) is 2. The molecule has 0 aliphatic heterocycles. The smallest absolute Gasteiger partial charge is 0.119 e. The van der Waals surface area contributed by atoms with Crippen LogP contribution < -0.4 is 10.1 Å². The van der Waals surface area contributed by atoms with Gasteiger partial charge in [0, 0.05) is 11.3 Å². The highest BCUT2D eigenvalue weighted by Gasteiger charge is 2.12. The summed E-state index contributed by atoms with van der Waals surface area (Å²) in [7, 11) is 1.67. The van der Waals surface area contributed by atoms with Crippen molar-refractivity contribution in [2.45, 2.75) is 0 Å². The third-order valence-electron chi connectivity index (χ3n) is 4.33. The molecule has 26 heavy (non-hydrogen) atoms. The number of aromatic amines is 1. The number of hydrogen-bond donors (Lipinski definition) is 2. The van der Waals surface area contributed by atoms with E-state index in [-0.39, 0.29) is 0 Å². The molecule has 0 unspecified atom stereocenters. The lowest BCUT2D eigenvalue weighted by Gasteiger charge is -2.05. The topological polar surface area (TPSA) is 37.0 Å². The third-order valence-corrected chi connectivity index (χ3v) is 4.33. The summed E-state index contributed by atoms with van der Waals surface area (Å²) in [4.78, 5) is 3.53.